The molecule has 0 aromatic rings. The second kappa shape index (κ2) is 4.23. The Bertz CT molecular complexity index is 93.0. The SMILES string of the molecule is CCCC(=O)OC(F)F. The lowest BCUT2D eigenvalue weighted by molar-refractivity contribution is -0.176. The van der Waals surface area contributed by atoms with E-state index >= 15 is 0 Å². The zero-order valence-corrected chi connectivity index (χ0v) is 5.06. The fourth-order valence-electron chi connectivity index (χ4n) is 0.362. The van der Waals surface area contributed by atoms with E-state index in [1.807, 2.05) is 0 Å². The average molecular weight is 138 g/mol. The second-order valence-electron chi connectivity index (χ2n) is 1.50. The van der Waals surface area contributed by atoms with Gasteiger partial charge in [0.15, 0.2) is 0 Å². The van der Waals surface area contributed by atoms with Gasteiger partial charge in [0.25, 0.3) is 0 Å². The Morgan fingerprint density at radius 3 is 2.56 bits per heavy atom. The van der Waals surface area contributed by atoms with Gasteiger partial charge in [-0.1, -0.05) is 6.92 Å². The lowest BCUT2D eigenvalue weighted by atomic mass is 10.3. The highest BCUT2D eigenvalue weighted by atomic mass is 19.3. The van der Waals surface area contributed by atoms with Gasteiger partial charge in [-0.25, -0.2) is 0 Å². The summed E-state index contributed by atoms with van der Waals surface area (Å²) in [5, 5.41) is 0. The smallest absolute Gasteiger partial charge is 0.389 e. The molecule has 0 bridgehead atoms. The predicted molar refractivity (Wildman–Crippen MR) is 27.0 cm³/mol. The molecule has 0 aromatic heterocycles. The van der Waals surface area contributed by atoms with Gasteiger partial charge in [0.05, 0.1) is 0 Å². The maximum Gasteiger partial charge on any atom is 0.389 e. The van der Waals surface area contributed by atoms with E-state index in [0.717, 1.165) is 0 Å². The lowest BCUT2D eigenvalue weighted by Crippen LogP contribution is -2.07. The van der Waals surface area contributed by atoms with Crippen molar-refractivity contribution in [2.24, 2.45) is 0 Å². The van der Waals surface area contributed by atoms with E-state index in [4.69, 9.17) is 0 Å². The van der Waals surface area contributed by atoms with Gasteiger partial charge in [-0.15, -0.1) is 0 Å². The van der Waals surface area contributed by atoms with Crippen LogP contribution in [-0.2, 0) is 9.53 Å². The summed E-state index contributed by atoms with van der Waals surface area (Å²) in [6.07, 6.45) is 0.593. The number of hydrogen-bond donors (Lipinski definition) is 0. The van der Waals surface area contributed by atoms with Crippen LogP contribution in [0.4, 0.5) is 8.78 Å². The van der Waals surface area contributed by atoms with Crippen molar-refractivity contribution in [3.63, 3.8) is 0 Å². The quantitative estimate of drug-likeness (QED) is 0.553. The van der Waals surface area contributed by atoms with Crippen LogP contribution in [0.3, 0.4) is 0 Å². The van der Waals surface area contributed by atoms with Gasteiger partial charge >= 0.3 is 12.6 Å². The summed E-state index contributed by atoms with van der Waals surface area (Å²) in [5.41, 5.74) is 0. The lowest BCUT2D eigenvalue weighted by Gasteiger charge is -1.98. The maximum atomic E-state index is 11.2. The predicted octanol–water partition coefficient (Wildman–Crippen LogP) is 1.55. The summed E-state index contributed by atoms with van der Waals surface area (Å²) in [5.74, 6) is -0.840. The molecule has 0 saturated carbocycles. The first-order chi connectivity index (χ1) is 4.16. The fraction of sp³-hybridized carbons (Fsp3) is 0.800. The zero-order valence-electron chi connectivity index (χ0n) is 5.06. The summed E-state index contributed by atoms with van der Waals surface area (Å²) < 4.78 is 25.8. The molecule has 0 radical (unpaired) electrons. The third kappa shape index (κ3) is 5.20. The first kappa shape index (κ1) is 8.33. The Hall–Kier alpha value is -0.670. The monoisotopic (exact) mass is 138 g/mol. The minimum Gasteiger partial charge on any atom is -0.403 e. The van der Waals surface area contributed by atoms with Gasteiger partial charge < -0.3 is 4.74 Å². The number of carbonyl (C=O) groups excluding carboxylic acids is 1. The molecule has 4 heteroatoms. The van der Waals surface area contributed by atoms with Crippen LogP contribution in [0.2, 0.25) is 0 Å². The van der Waals surface area contributed by atoms with Crippen molar-refractivity contribution in [3.05, 3.63) is 0 Å². The van der Waals surface area contributed by atoms with Crippen molar-refractivity contribution >= 4 is 5.97 Å². The molecule has 0 aliphatic heterocycles. The summed E-state index contributed by atoms with van der Waals surface area (Å²) >= 11 is 0. The molecule has 0 rings (SSSR count). The van der Waals surface area contributed by atoms with Crippen molar-refractivity contribution in [2.45, 2.75) is 26.4 Å². The van der Waals surface area contributed by atoms with Crippen molar-refractivity contribution in [1.29, 1.82) is 0 Å². The standard InChI is InChI=1S/C5H8F2O2/c1-2-3-4(8)9-5(6)7/h5H,2-3H2,1H3. The van der Waals surface area contributed by atoms with Crippen LogP contribution in [0.1, 0.15) is 19.8 Å². The molecule has 2 nitrogen and oxygen atoms in total. The van der Waals surface area contributed by atoms with E-state index in [1.165, 1.54) is 0 Å². The Morgan fingerprint density at radius 1 is 1.67 bits per heavy atom. The highest BCUT2D eigenvalue weighted by Crippen LogP contribution is 1.98. The van der Waals surface area contributed by atoms with Crippen LogP contribution < -0.4 is 0 Å². The molecule has 0 aliphatic rings. The minimum absolute atomic E-state index is 0.0599. The van der Waals surface area contributed by atoms with E-state index in [-0.39, 0.29) is 6.42 Å². The first-order valence-electron chi connectivity index (χ1n) is 2.64. The molecule has 0 unspecified atom stereocenters. The molecular formula is C5H8F2O2. The Kier molecular flexibility index (Phi) is 3.92. The number of ether oxygens (including phenoxy) is 1. The third-order valence-electron chi connectivity index (χ3n) is 0.675. The first-order valence-corrected chi connectivity index (χ1v) is 2.64. The maximum absolute atomic E-state index is 11.2. The third-order valence-corrected chi connectivity index (χ3v) is 0.675. The molecule has 9 heavy (non-hydrogen) atoms. The molecular weight excluding hydrogens is 130 g/mol. The highest BCUT2D eigenvalue weighted by Gasteiger charge is 2.07. The molecule has 0 amide bonds. The van der Waals surface area contributed by atoms with Gasteiger partial charge in [-0.3, -0.25) is 4.79 Å². The topological polar surface area (TPSA) is 26.3 Å². The van der Waals surface area contributed by atoms with Gasteiger partial charge in [0, 0.05) is 6.42 Å². The highest BCUT2D eigenvalue weighted by molar-refractivity contribution is 5.69. The molecule has 0 N–H and O–H groups in total. The molecule has 0 heterocycles. The minimum atomic E-state index is -2.97. The fourth-order valence-corrected chi connectivity index (χ4v) is 0.362. The Labute approximate surface area is 51.8 Å². The number of carbonyl (C=O) groups is 1. The molecule has 0 fully saturated rings. The second-order valence-corrected chi connectivity index (χ2v) is 1.50. The summed E-state index contributed by atoms with van der Waals surface area (Å²) in [6, 6.07) is 0. The number of alkyl halides is 2. The molecule has 0 spiro atoms. The van der Waals surface area contributed by atoms with Crippen LogP contribution >= 0.6 is 0 Å². The normalized spacial score (nSPS) is 9.78. The van der Waals surface area contributed by atoms with Crippen molar-refractivity contribution in [1.82, 2.24) is 0 Å². The molecule has 0 aliphatic carbocycles. The van der Waals surface area contributed by atoms with E-state index in [9.17, 15) is 13.6 Å². The van der Waals surface area contributed by atoms with Crippen molar-refractivity contribution in [3.8, 4) is 0 Å². The Morgan fingerprint density at radius 2 is 2.22 bits per heavy atom. The molecule has 54 valence electrons. The number of hydrogen-bond acceptors (Lipinski definition) is 2. The Balaban J connectivity index is 3.27. The van der Waals surface area contributed by atoms with Gasteiger partial charge in [-0.2, -0.15) is 8.78 Å². The summed E-state index contributed by atoms with van der Waals surface area (Å²) in [7, 11) is 0. The van der Waals surface area contributed by atoms with Crippen LogP contribution in [-0.4, -0.2) is 12.6 Å². The summed E-state index contributed by atoms with van der Waals surface area (Å²) in [4.78, 5) is 10.2. The van der Waals surface area contributed by atoms with Crippen LogP contribution in [0, 0.1) is 0 Å². The van der Waals surface area contributed by atoms with Gasteiger partial charge in [-0.05, 0) is 6.42 Å². The average Bonchev–Trinajstić information content (AvgIpc) is 1.63. The van der Waals surface area contributed by atoms with E-state index < -0.39 is 12.6 Å². The molecule has 0 aromatic carbocycles. The van der Waals surface area contributed by atoms with E-state index in [1.54, 1.807) is 6.92 Å². The summed E-state index contributed by atoms with van der Waals surface area (Å²) in [6.45, 7) is -1.25. The van der Waals surface area contributed by atoms with E-state index in [2.05, 4.69) is 4.74 Å². The van der Waals surface area contributed by atoms with Gasteiger partial charge in [0.1, 0.15) is 0 Å². The van der Waals surface area contributed by atoms with Gasteiger partial charge in [0.2, 0.25) is 0 Å². The van der Waals surface area contributed by atoms with Crippen LogP contribution in [0.25, 0.3) is 0 Å². The van der Waals surface area contributed by atoms with Crippen LogP contribution in [0.15, 0.2) is 0 Å². The molecule has 0 atom stereocenters. The largest absolute Gasteiger partial charge is 0.403 e. The van der Waals surface area contributed by atoms with Crippen LogP contribution in [0.5, 0.6) is 0 Å². The van der Waals surface area contributed by atoms with Crippen molar-refractivity contribution < 1.29 is 18.3 Å². The van der Waals surface area contributed by atoms with Crippen molar-refractivity contribution in [2.75, 3.05) is 0 Å². The number of esters is 1. The van der Waals surface area contributed by atoms with E-state index in [0.29, 0.717) is 6.42 Å². The zero-order chi connectivity index (χ0) is 7.28. The number of halogens is 2. The molecule has 0 saturated heterocycles. The number of rotatable bonds is 3.